The Balaban J connectivity index is 1.27. The first-order valence-corrected chi connectivity index (χ1v) is 19.3. The van der Waals surface area contributed by atoms with Crippen LogP contribution >= 0.6 is 0 Å². The van der Waals surface area contributed by atoms with Gasteiger partial charge in [-0.25, -0.2) is 0 Å². The lowest BCUT2D eigenvalue weighted by atomic mass is 9.89. The van der Waals surface area contributed by atoms with E-state index in [9.17, 15) is 4.79 Å². The van der Waals surface area contributed by atoms with Crippen molar-refractivity contribution in [2.75, 3.05) is 13.2 Å². The van der Waals surface area contributed by atoms with Gasteiger partial charge in [-0.05, 0) is 57.3 Å². The average Bonchev–Trinajstić information content (AvgIpc) is 3.59. The van der Waals surface area contributed by atoms with E-state index in [4.69, 9.17) is 32.8 Å². The van der Waals surface area contributed by atoms with Gasteiger partial charge >= 0.3 is 5.97 Å². The summed E-state index contributed by atoms with van der Waals surface area (Å²) in [6.45, 7) is 8.80. The summed E-state index contributed by atoms with van der Waals surface area (Å²) in [4.78, 5) is 13.4. The quantitative estimate of drug-likeness (QED) is 0.275. The van der Waals surface area contributed by atoms with E-state index < -0.39 is 44.0 Å². The predicted octanol–water partition coefficient (Wildman–Crippen LogP) is 5.88. The minimum atomic E-state index is -2.22. The Bertz CT molecular complexity index is 1050. The van der Waals surface area contributed by atoms with Crippen LogP contribution < -0.4 is 0 Å². The van der Waals surface area contributed by atoms with Gasteiger partial charge in [0.2, 0.25) is 0 Å². The van der Waals surface area contributed by atoms with E-state index in [1.54, 1.807) is 0 Å². The fourth-order valence-corrected chi connectivity index (χ4v) is 8.94. The first kappa shape index (κ1) is 29.7. The Morgan fingerprint density at radius 1 is 0.902 bits per heavy atom. The van der Waals surface area contributed by atoms with Crippen LogP contribution in [0.4, 0.5) is 0 Å². The summed E-state index contributed by atoms with van der Waals surface area (Å²) in [7, 11) is -2.22. The van der Waals surface area contributed by atoms with Gasteiger partial charge in [0.05, 0.1) is 12.5 Å². The third-order valence-corrected chi connectivity index (χ3v) is 10.3. The molecule has 6 atom stereocenters. The van der Waals surface area contributed by atoms with Crippen LogP contribution in [0.3, 0.4) is 0 Å². The minimum absolute atomic E-state index is 0.0212. The molecule has 2 spiro atoms. The number of hydrogen-bond donors (Lipinski definition) is 0. The van der Waals surface area contributed by atoms with Crippen LogP contribution in [-0.2, 0) is 44.1 Å². The molecule has 5 aliphatic rings. The van der Waals surface area contributed by atoms with Gasteiger partial charge in [-0.3, -0.25) is 4.79 Å². The molecule has 3 saturated heterocycles. The van der Waals surface area contributed by atoms with E-state index in [-0.39, 0.29) is 24.6 Å². The summed E-state index contributed by atoms with van der Waals surface area (Å²) in [6.07, 6.45) is 8.64. The molecule has 0 aromatic heterocycles. The highest BCUT2D eigenvalue weighted by molar-refractivity contribution is 6.69. The zero-order chi connectivity index (χ0) is 28.7. The molecule has 0 amide bonds. The van der Waals surface area contributed by atoms with E-state index in [1.807, 2.05) is 37.3 Å². The van der Waals surface area contributed by atoms with Crippen molar-refractivity contribution in [2.45, 2.75) is 139 Å². The van der Waals surface area contributed by atoms with Crippen LogP contribution in [0, 0.1) is 5.92 Å². The molecule has 6 rings (SSSR count). The molecule has 3 heterocycles. The highest BCUT2D eigenvalue weighted by atomic mass is 28.4. The van der Waals surface area contributed by atoms with E-state index in [2.05, 4.69) is 19.6 Å². The number of fused-ring (bicyclic) bond motifs is 1. The van der Waals surface area contributed by atoms with Crippen molar-refractivity contribution < 1.29 is 37.6 Å². The maximum absolute atomic E-state index is 13.4. The molecule has 3 aliphatic heterocycles. The highest BCUT2D eigenvalue weighted by Crippen LogP contribution is 2.53. The number of benzene rings is 1. The highest BCUT2D eigenvalue weighted by Gasteiger charge is 2.70. The third kappa shape index (κ3) is 6.19. The molecular formula is C32H48O8Si. The molecule has 228 valence electrons. The predicted molar refractivity (Wildman–Crippen MR) is 155 cm³/mol. The van der Waals surface area contributed by atoms with Crippen LogP contribution in [0.5, 0.6) is 0 Å². The topological polar surface area (TPSA) is 81.7 Å². The molecule has 2 aliphatic carbocycles. The van der Waals surface area contributed by atoms with E-state index in [0.717, 1.165) is 56.9 Å². The molecule has 41 heavy (non-hydrogen) atoms. The normalized spacial score (nSPS) is 35.0. The standard InChI is InChI=1S/C32H48O8Si/c1-23(20-24-14-8-5-9-15-24)28(33)34-22-32(40-41(2,3)4)26(25-21-35-30(37-25)16-10-6-11-17-30)36-29-27(32)38-31(39-29)18-12-7-13-19-31/h5,8-9,14-15,23,25-27,29H,6-7,10-13,16-22H2,1-4H3/t23-,25+,26+,27-,29+,32-/m0/s1. The zero-order valence-corrected chi connectivity index (χ0v) is 26.2. The first-order valence-electron chi connectivity index (χ1n) is 15.8. The van der Waals surface area contributed by atoms with Crippen molar-refractivity contribution in [3.05, 3.63) is 35.9 Å². The lowest BCUT2D eigenvalue weighted by Crippen LogP contribution is -2.62. The van der Waals surface area contributed by atoms with Crippen molar-refractivity contribution in [3.63, 3.8) is 0 Å². The van der Waals surface area contributed by atoms with Crippen molar-refractivity contribution in [2.24, 2.45) is 5.92 Å². The first-order chi connectivity index (χ1) is 19.6. The summed E-state index contributed by atoms with van der Waals surface area (Å²) < 4.78 is 46.5. The zero-order valence-electron chi connectivity index (χ0n) is 25.2. The van der Waals surface area contributed by atoms with E-state index >= 15 is 0 Å². The number of hydrogen-bond acceptors (Lipinski definition) is 8. The summed E-state index contributed by atoms with van der Waals surface area (Å²) in [5.41, 5.74) is 0.0418. The summed E-state index contributed by atoms with van der Waals surface area (Å²) in [5, 5.41) is 0. The third-order valence-electron chi connectivity index (χ3n) is 9.33. The van der Waals surface area contributed by atoms with Gasteiger partial charge in [0, 0.05) is 25.7 Å². The molecule has 2 saturated carbocycles. The average molecular weight is 589 g/mol. The number of esters is 1. The van der Waals surface area contributed by atoms with Crippen molar-refractivity contribution in [1.29, 1.82) is 0 Å². The van der Waals surface area contributed by atoms with E-state index in [1.165, 1.54) is 12.8 Å². The van der Waals surface area contributed by atoms with Crippen molar-refractivity contribution in [1.82, 2.24) is 0 Å². The monoisotopic (exact) mass is 588 g/mol. The summed E-state index contributed by atoms with van der Waals surface area (Å²) in [6, 6.07) is 10.0. The van der Waals surface area contributed by atoms with Crippen molar-refractivity contribution >= 4 is 14.3 Å². The fourth-order valence-electron chi connectivity index (χ4n) is 7.50. The van der Waals surface area contributed by atoms with Gasteiger partial charge in [0.15, 0.2) is 31.8 Å². The largest absolute Gasteiger partial charge is 0.462 e. The van der Waals surface area contributed by atoms with Crippen LogP contribution in [0.15, 0.2) is 30.3 Å². The molecule has 1 aromatic rings. The Labute approximate surface area is 245 Å². The molecule has 9 heteroatoms. The second-order valence-electron chi connectivity index (χ2n) is 13.9. The van der Waals surface area contributed by atoms with Crippen LogP contribution in [0.25, 0.3) is 0 Å². The lowest BCUT2D eigenvalue weighted by molar-refractivity contribution is -0.274. The van der Waals surface area contributed by atoms with Gasteiger partial charge in [-0.1, -0.05) is 50.1 Å². The van der Waals surface area contributed by atoms with Gasteiger partial charge in [0.25, 0.3) is 0 Å². The second kappa shape index (κ2) is 11.6. The summed E-state index contributed by atoms with van der Waals surface area (Å²) >= 11 is 0. The molecule has 0 unspecified atom stereocenters. The number of rotatable bonds is 8. The molecular weight excluding hydrogens is 540 g/mol. The molecule has 0 radical (unpaired) electrons. The Morgan fingerprint density at radius 2 is 1.56 bits per heavy atom. The summed E-state index contributed by atoms with van der Waals surface area (Å²) in [5.74, 6) is -1.80. The van der Waals surface area contributed by atoms with Crippen molar-refractivity contribution in [3.8, 4) is 0 Å². The van der Waals surface area contributed by atoms with Crippen LogP contribution in [0.2, 0.25) is 19.6 Å². The maximum Gasteiger partial charge on any atom is 0.309 e. The SMILES string of the molecule is C[C@@H](Cc1ccccc1)C(=O)OC[C@]1(O[Si](C)(C)C)[C@@H]([C@H]2COC3(CCCCC3)O2)O[C@@H]2OC3(CCCCC3)O[C@@H]21. The van der Waals surface area contributed by atoms with E-state index in [0.29, 0.717) is 13.0 Å². The van der Waals surface area contributed by atoms with Gasteiger partial charge in [-0.15, -0.1) is 0 Å². The fraction of sp³-hybridized carbons (Fsp3) is 0.781. The maximum atomic E-state index is 13.4. The Kier molecular flexibility index (Phi) is 8.44. The number of carbonyl (C=O) groups excluding carboxylic acids is 1. The number of carbonyl (C=O) groups is 1. The van der Waals surface area contributed by atoms with Crippen LogP contribution in [0.1, 0.15) is 76.7 Å². The van der Waals surface area contributed by atoms with Gasteiger partial charge in [-0.2, -0.15) is 0 Å². The molecule has 5 fully saturated rings. The second-order valence-corrected chi connectivity index (χ2v) is 18.3. The van der Waals surface area contributed by atoms with Gasteiger partial charge in [0.1, 0.15) is 24.9 Å². The smallest absolute Gasteiger partial charge is 0.309 e. The minimum Gasteiger partial charge on any atom is -0.462 e. The molecule has 0 N–H and O–H groups in total. The molecule has 1 aromatic carbocycles. The Hall–Kier alpha value is -1.33. The molecule has 0 bridgehead atoms. The lowest BCUT2D eigenvalue weighted by Gasteiger charge is -2.44. The van der Waals surface area contributed by atoms with Crippen LogP contribution in [-0.4, -0.2) is 69.3 Å². The molecule has 8 nitrogen and oxygen atoms in total. The number of ether oxygens (including phenoxy) is 6. The van der Waals surface area contributed by atoms with Gasteiger partial charge < -0.3 is 32.8 Å². The Morgan fingerprint density at radius 3 is 2.22 bits per heavy atom.